The minimum Gasteiger partial charge on any atom is -0.354 e. The maximum Gasteiger partial charge on any atom is 0.171 e. The first-order chi connectivity index (χ1) is 10.5. The van der Waals surface area contributed by atoms with Crippen LogP contribution >= 0.6 is 12.2 Å². The van der Waals surface area contributed by atoms with Crippen molar-refractivity contribution in [3.63, 3.8) is 0 Å². The Kier molecular flexibility index (Phi) is 5.92. The number of likely N-dealkylation sites (N-methyl/N-ethyl adjacent to an activating group) is 1. The van der Waals surface area contributed by atoms with E-state index in [0.29, 0.717) is 5.11 Å². The van der Waals surface area contributed by atoms with Crippen LogP contribution in [0, 0.1) is 6.92 Å². The highest BCUT2D eigenvalue weighted by molar-refractivity contribution is 7.80. The number of nitrogens with zero attached hydrogens (tertiary/aromatic N) is 1. The summed E-state index contributed by atoms with van der Waals surface area (Å²) in [7, 11) is 4.13. The van der Waals surface area contributed by atoms with E-state index in [1.165, 1.54) is 11.1 Å². The Morgan fingerprint density at radius 3 is 2.27 bits per heavy atom. The molecular formula is C18H23N3S. The van der Waals surface area contributed by atoms with Gasteiger partial charge in [0, 0.05) is 12.2 Å². The molecule has 2 aromatic carbocycles. The molecule has 22 heavy (non-hydrogen) atoms. The quantitative estimate of drug-likeness (QED) is 0.825. The van der Waals surface area contributed by atoms with E-state index in [1.807, 2.05) is 18.2 Å². The minimum absolute atomic E-state index is 0.154. The third kappa shape index (κ3) is 5.13. The summed E-state index contributed by atoms with van der Waals surface area (Å²) < 4.78 is 0. The molecule has 0 aliphatic rings. The zero-order valence-electron chi connectivity index (χ0n) is 13.3. The van der Waals surface area contributed by atoms with E-state index in [2.05, 4.69) is 73.0 Å². The first kappa shape index (κ1) is 16.5. The summed E-state index contributed by atoms with van der Waals surface area (Å²) in [6.07, 6.45) is 0. The van der Waals surface area contributed by atoms with Crippen LogP contribution in [0.4, 0.5) is 5.69 Å². The molecule has 4 heteroatoms. The Bertz CT molecular complexity index is 593. The summed E-state index contributed by atoms with van der Waals surface area (Å²) in [6.45, 7) is 2.95. The van der Waals surface area contributed by atoms with Gasteiger partial charge >= 0.3 is 0 Å². The van der Waals surface area contributed by atoms with Crippen molar-refractivity contribution in [3.8, 4) is 0 Å². The number of hydrogen-bond acceptors (Lipinski definition) is 2. The lowest BCUT2D eigenvalue weighted by Gasteiger charge is -2.24. The molecule has 0 aliphatic heterocycles. The number of hydrogen-bond donors (Lipinski definition) is 2. The molecule has 0 saturated carbocycles. The summed E-state index contributed by atoms with van der Waals surface area (Å²) in [5.41, 5.74) is 3.46. The van der Waals surface area contributed by atoms with Crippen LogP contribution in [0.5, 0.6) is 0 Å². The second-order valence-corrected chi connectivity index (χ2v) is 6.10. The molecule has 0 bridgehead atoms. The molecule has 2 rings (SSSR count). The van der Waals surface area contributed by atoms with Gasteiger partial charge in [0.1, 0.15) is 0 Å². The maximum atomic E-state index is 5.46. The van der Waals surface area contributed by atoms with Crippen LogP contribution in [-0.2, 0) is 0 Å². The van der Waals surface area contributed by atoms with Gasteiger partial charge in [-0.3, -0.25) is 0 Å². The Morgan fingerprint density at radius 2 is 1.68 bits per heavy atom. The van der Waals surface area contributed by atoms with Crippen molar-refractivity contribution >= 4 is 23.0 Å². The lowest BCUT2D eigenvalue weighted by Crippen LogP contribution is -2.37. The zero-order chi connectivity index (χ0) is 15.9. The van der Waals surface area contributed by atoms with Crippen LogP contribution in [0.1, 0.15) is 17.2 Å². The Morgan fingerprint density at radius 1 is 1.05 bits per heavy atom. The number of aryl methyl sites for hydroxylation is 1. The molecule has 0 fully saturated rings. The summed E-state index contributed by atoms with van der Waals surface area (Å²) in [4.78, 5) is 2.15. The monoisotopic (exact) mass is 313 g/mol. The average molecular weight is 313 g/mol. The van der Waals surface area contributed by atoms with Gasteiger partial charge in [0.2, 0.25) is 0 Å². The third-order valence-electron chi connectivity index (χ3n) is 3.36. The van der Waals surface area contributed by atoms with Crippen LogP contribution in [0.25, 0.3) is 0 Å². The summed E-state index contributed by atoms with van der Waals surface area (Å²) in [5, 5.41) is 7.29. The fourth-order valence-corrected chi connectivity index (χ4v) is 2.51. The molecule has 0 amide bonds. The lowest BCUT2D eigenvalue weighted by atomic mass is 10.1. The molecule has 0 radical (unpaired) electrons. The van der Waals surface area contributed by atoms with Gasteiger partial charge in [-0.1, -0.05) is 48.0 Å². The fraction of sp³-hybridized carbons (Fsp3) is 0.278. The molecule has 0 spiro atoms. The molecule has 2 N–H and O–H groups in total. The highest BCUT2D eigenvalue weighted by Crippen LogP contribution is 2.14. The first-order valence-electron chi connectivity index (χ1n) is 7.38. The number of anilines is 1. The van der Waals surface area contributed by atoms with Crippen LogP contribution in [0.3, 0.4) is 0 Å². The van der Waals surface area contributed by atoms with Gasteiger partial charge in [-0.05, 0) is 50.9 Å². The van der Waals surface area contributed by atoms with E-state index in [-0.39, 0.29) is 6.04 Å². The molecule has 0 aromatic heterocycles. The van der Waals surface area contributed by atoms with Crippen molar-refractivity contribution in [1.82, 2.24) is 10.2 Å². The highest BCUT2D eigenvalue weighted by Gasteiger charge is 2.13. The number of benzene rings is 2. The van der Waals surface area contributed by atoms with Gasteiger partial charge < -0.3 is 15.5 Å². The van der Waals surface area contributed by atoms with Gasteiger partial charge in [-0.25, -0.2) is 0 Å². The molecule has 0 saturated heterocycles. The second-order valence-electron chi connectivity index (χ2n) is 5.69. The van der Waals surface area contributed by atoms with Crippen molar-refractivity contribution < 1.29 is 0 Å². The standard InChI is InChI=1S/C18H23N3S/c1-14-9-11-16(12-10-14)19-18(22)20-17(13-21(2)3)15-7-5-4-6-8-15/h4-12,17H,13H2,1-3H3,(H2,19,20,22)/t17-/m1/s1. The summed E-state index contributed by atoms with van der Waals surface area (Å²) in [6, 6.07) is 18.7. The zero-order valence-corrected chi connectivity index (χ0v) is 14.2. The van der Waals surface area contributed by atoms with Crippen molar-refractivity contribution in [2.75, 3.05) is 26.0 Å². The lowest BCUT2D eigenvalue weighted by molar-refractivity contribution is 0.363. The normalized spacial score (nSPS) is 12.0. The number of thiocarbonyl (C=S) groups is 1. The van der Waals surface area contributed by atoms with Gasteiger partial charge in [0.15, 0.2) is 5.11 Å². The second kappa shape index (κ2) is 7.92. The van der Waals surface area contributed by atoms with E-state index >= 15 is 0 Å². The highest BCUT2D eigenvalue weighted by atomic mass is 32.1. The first-order valence-corrected chi connectivity index (χ1v) is 7.79. The third-order valence-corrected chi connectivity index (χ3v) is 3.58. The van der Waals surface area contributed by atoms with Crippen LogP contribution in [0.2, 0.25) is 0 Å². The summed E-state index contributed by atoms with van der Waals surface area (Å²) in [5.74, 6) is 0. The van der Waals surface area contributed by atoms with Gasteiger partial charge in [0.05, 0.1) is 6.04 Å². The average Bonchev–Trinajstić information content (AvgIpc) is 2.49. The van der Waals surface area contributed by atoms with Crippen LogP contribution in [0.15, 0.2) is 54.6 Å². The van der Waals surface area contributed by atoms with Crippen molar-refractivity contribution in [2.24, 2.45) is 0 Å². The van der Waals surface area contributed by atoms with E-state index in [4.69, 9.17) is 12.2 Å². The molecule has 3 nitrogen and oxygen atoms in total. The van der Waals surface area contributed by atoms with Gasteiger partial charge in [-0.2, -0.15) is 0 Å². The molecule has 0 aliphatic carbocycles. The van der Waals surface area contributed by atoms with Crippen molar-refractivity contribution in [1.29, 1.82) is 0 Å². The largest absolute Gasteiger partial charge is 0.354 e. The van der Waals surface area contributed by atoms with E-state index in [9.17, 15) is 0 Å². The number of rotatable bonds is 5. The Balaban J connectivity index is 2.03. The Labute approximate surface area is 138 Å². The van der Waals surface area contributed by atoms with Crippen LogP contribution in [-0.4, -0.2) is 30.7 Å². The van der Waals surface area contributed by atoms with Gasteiger partial charge in [-0.15, -0.1) is 0 Å². The van der Waals surface area contributed by atoms with E-state index in [0.717, 1.165) is 12.2 Å². The maximum absolute atomic E-state index is 5.46. The smallest absolute Gasteiger partial charge is 0.171 e. The molecule has 0 heterocycles. The van der Waals surface area contributed by atoms with E-state index < -0.39 is 0 Å². The SMILES string of the molecule is Cc1ccc(NC(=S)N[C@H](CN(C)C)c2ccccc2)cc1. The topological polar surface area (TPSA) is 27.3 Å². The number of nitrogens with one attached hydrogen (secondary N) is 2. The molecule has 2 aromatic rings. The van der Waals surface area contributed by atoms with Crippen molar-refractivity contribution in [3.05, 3.63) is 65.7 Å². The molecular weight excluding hydrogens is 290 g/mol. The summed E-state index contributed by atoms with van der Waals surface area (Å²) >= 11 is 5.46. The molecule has 116 valence electrons. The fourth-order valence-electron chi connectivity index (χ4n) is 2.25. The predicted molar refractivity (Wildman–Crippen MR) is 98.3 cm³/mol. The van der Waals surface area contributed by atoms with Gasteiger partial charge in [0.25, 0.3) is 0 Å². The Hall–Kier alpha value is -1.91. The van der Waals surface area contributed by atoms with Crippen LogP contribution < -0.4 is 10.6 Å². The molecule has 1 atom stereocenters. The van der Waals surface area contributed by atoms with Crippen molar-refractivity contribution in [2.45, 2.75) is 13.0 Å². The minimum atomic E-state index is 0.154. The molecule has 0 unspecified atom stereocenters. The predicted octanol–water partition coefficient (Wildman–Crippen LogP) is 3.58. The van der Waals surface area contributed by atoms with E-state index in [1.54, 1.807) is 0 Å².